The first-order valence-corrected chi connectivity index (χ1v) is 10.5. The van der Waals surface area contributed by atoms with Gasteiger partial charge in [0.1, 0.15) is 22.7 Å². The van der Waals surface area contributed by atoms with Crippen molar-refractivity contribution in [3.63, 3.8) is 0 Å². The van der Waals surface area contributed by atoms with Gasteiger partial charge in [-0.05, 0) is 44.1 Å². The monoisotopic (exact) mass is 362 g/mol. The quantitative estimate of drug-likeness (QED) is 0.646. The number of hydrogen-bond donors (Lipinski definition) is 0. The van der Waals surface area contributed by atoms with Crippen LogP contribution in [0.25, 0.3) is 0 Å². The molecule has 24 heavy (non-hydrogen) atoms. The fourth-order valence-corrected chi connectivity index (χ4v) is 5.98. The third kappa shape index (κ3) is 3.03. The lowest BCUT2D eigenvalue weighted by atomic mass is 9.87. The summed E-state index contributed by atoms with van der Waals surface area (Å²) in [5.41, 5.74) is 1.35. The summed E-state index contributed by atoms with van der Waals surface area (Å²) >= 11 is 3.89. The second-order valence-corrected chi connectivity index (χ2v) is 9.58. The highest BCUT2D eigenvalue weighted by atomic mass is 32.2. The zero-order chi connectivity index (χ0) is 17.5. The minimum atomic E-state index is -0.0706. The molecule has 0 aliphatic carbocycles. The van der Waals surface area contributed by atoms with Crippen molar-refractivity contribution in [2.45, 2.75) is 57.9 Å². The molecule has 2 spiro atoms. The molecule has 0 N–H and O–H groups in total. The summed E-state index contributed by atoms with van der Waals surface area (Å²) < 4.78 is 0. The number of thioether (sulfide) groups is 2. The van der Waals surface area contributed by atoms with Gasteiger partial charge in [0.25, 0.3) is 0 Å². The molecule has 4 nitrogen and oxygen atoms in total. The van der Waals surface area contributed by atoms with E-state index in [1.807, 2.05) is 49.8 Å². The van der Waals surface area contributed by atoms with Crippen LogP contribution in [0, 0.1) is 5.92 Å². The van der Waals surface area contributed by atoms with E-state index in [9.17, 15) is 0 Å². The van der Waals surface area contributed by atoms with Crippen molar-refractivity contribution in [1.82, 2.24) is 0 Å². The van der Waals surface area contributed by atoms with E-state index in [-0.39, 0.29) is 11.1 Å². The van der Waals surface area contributed by atoms with E-state index < -0.39 is 0 Å². The van der Waals surface area contributed by atoms with E-state index >= 15 is 0 Å². The maximum Gasteiger partial charge on any atom is 0.129 e. The summed E-state index contributed by atoms with van der Waals surface area (Å²) in [6, 6.07) is 0. The Labute approximate surface area is 153 Å². The maximum absolute atomic E-state index is 4.62. The third-order valence-corrected chi connectivity index (χ3v) is 8.31. The molecule has 0 aromatic heterocycles. The molecule has 4 rings (SSSR count). The van der Waals surface area contributed by atoms with Crippen molar-refractivity contribution in [2.75, 3.05) is 11.5 Å². The average molecular weight is 363 g/mol. The van der Waals surface area contributed by atoms with E-state index in [1.165, 1.54) is 10.5 Å². The highest BCUT2D eigenvalue weighted by Crippen LogP contribution is 2.43. The molecule has 0 aromatic rings. The van der Waals surface area contributed by atoms with Gasteiger partial charge >= 0.3 is 0 Å². The normalized spacial score (nSPS) is 39.8. The summed E-state index contributed by atoms with van der Waals surface area (Å²) in [5, 5.41) is 0.714. The molecule has 0 radical (unpaired) electrons. The van der Waals surface area contributed by atoms with Crippen LogP contribution in [0.15, 0.2) is 30.4 Å². The summed E-state index contributed by atoms with van der Waals surface area (Å²) in [4.78, 5) is 19.1. The summed E-state index contributed by atoms with van der Waals surface area (Å²) in [6.45, 7) is 12.8. The van der Waals surface area contributed by atoms with Crippen LogP contribution in [0.2, 0.25) is 0 Å². The zero-order valence-corrected chi connectivity index (χ0v) is 17.0. The molecular weight excluding hydrogens is 336 g/mol. The first kappa shape index (κ1) is 17.9. The molecule has 4 unspecified atom stereocenters. The van der Waals surface area contributed by atoms with Gasteiger partial charge in [-0.2, -0.15) is 11.8 Å². The highest BCUT2D eigenvalue weighted by molar-refractivity contribution is 8.03. The van der Waals surface area contributed by atoms with Crippen LogP contribution in [0.1, 0.15) is 41.5 Å². The number of rotatable bonds is 0. The van der Waals surface area contributed by atoms with E-state index in [0.29, 0.717) is 11.2 Å². The van der Waals surface area contributed by atoms with Crippen LogP contribution < -0.4 is 0 Å². The molecule has 4 atom stereocenters. The number of allylic oxidation sites excluding steroid dienone is 1. The Hall–Kier alpha value is -0.880. The first-order chi connectivity index (χ1) is 11.3. The molecule has 0 aromatic carbocycles. The van der Waals surface area contributed by atoms with Gasteiger partial charge in [0.2, 0.25) is 0 Å². The van der Waals surface area contributed by atoms with Gasteiger partial charge in [0.05, 0.1) is 0 Å². The molecule has 0 amide bonds. The van der Waals surface area contributed by atoms with E-state index in [4.69, 9.17) is 0 Å². The van der Waals surface area contributed by atoms with Crippen LogP contribution in [-0.4, -0.2) is 51.9 Å². The van der Waals surface area contributed by atoms with Gasteiger partial charge in [-0.25, -0.2) is 9.98 Å². The van der Waals surface area contributed by atoms with Crippen LogP contribution in [-0.2, 0) is 0 Å². The Bertz CT molecular complexity index is 691. The number of hydrogen-bond acceptors (Lipinski definition) is 6. The standard InChI is InChI=1S/C9H14N2S.C9H12N2S/c2*1-6-7(2)12-5-9(6)4-10-8(3)11-9/h4,6-7H,5H2,1-3H3;4H,5H2,1-3H3. The lowest BCUT2D eigenvalue weighted by Crippen LogP contribution is -2.35. The van der Waals surface area contributed by atoms with Gasteiger partial charge in [-0.1, -0.05) is 13.8 Å². The van der Waals surface area contributed by atoms with E-state index in [0.717, 1.165) is 23.2 Å². The Morgan fingerprint density at radius 1 is 0.958 bits per heavy atom. The average Bonchev–Trinajstić information content (AvgIpc) is 3.26. The molecule has 1 saturated heterocycles. The van der Waals surface area contributed by atoms with Crippen LogP contribution in [0.4, 0.5) is 0 Å². The van der Waals surface area contributed by atoms with Gasteiger partial charge in [-0.15, -0.1) is 11.8 Å². The second kappa shape index (κ2) is 6.45. The van der Waals surface area contributed by atoms with Crippen molar-refractivity contribution in [2.24, 2.45) is 25.9 Å². The molecule has 4 aliphatic heterocycles. The molecule has 4 heterocycles. The van der Waals surface area contributed by atoms with Crippen molar-refractivity contribution >= 4 is 47.6 Å². The van der Waals surface area contributed by atoms with E-state index in [1.54, 1.807) is 0 Å². The van der Waals surface area contributed by atoms with Crippen LogP contribution in [0.3, 0.4) is 0 Å². The summed E-state index contributed by atoms with van der Waals surface area (Å²) in [6.07, 6.45) is 4.03. The topological polar surface area (TPSA) is 49.4 Å². The first-order valence-electron chi connectivity index (χ1n) is 8.44. The Morgan fingerprint density at radius 3 is 2.04 bits per heavy atom. The van der Waals surface area contributed by atoms with Crippen LogP contribution in [0.5, 0.6) is 0 Å². The molecular formula is C18H26N4S2. The predicted molar refractivity (Wildman–Crippen MR) is 111 cm³/mol. The molecule has 130 valence electrons. The zero-order valence-electron chi connectivity index (χ0n) is 15.3. The molecule has 6 heteroatoms. The largest absolute Gasteiger partial charge is 0.257 e. The lowest BCUT2D eigenvalue weighted by Gasteiger charge is -2.22. The number of aliphatic imine (C=N–C) groups is 4. The van der Waals surface area contributed by atoms with Crippen molar-refractivity contribution < 1.29 is 0 Å². The number of nitrogens with zero attached hydrogens (tertiary/aromatic N) is 4. The Balaban J connectivity index is 0.000000141. The predicted octanol–water partition coefficient (Wildman–Crippen LogP) is 4.27. The summed E-state index contributed by atoms with van der Waals surface area (Å²) in [7, 11) is 0. The Morgan fingerprint density at radius 2 is 1.62 bits per heavy atom. The minimum absolute atomic E-state index is 0.0498. The fraction of sp³-hybridized carbons (Fsp3) is 0.667. The SMILES string of the molecule is CC1=NC2(C=N1)CSC(C)=C2C.CC1=NC2(C=N1)CSC(C)C2C. The van der Waals surface area contributed by atoms with Crippen molar-refractivity contribution in [1.29, 1.82) is 0 Å². The Kier molecular flexibility index (Phi) is 4.82. The van der Waals surface area contributed by atoms with Crippen LogP contribution >= 0.6 is 23.5 Å². The molecule has 4 aliphatic rings. The van der Waals surface area contributed by atoms with Gasteiger partial charge in [0.15, 0.2) is 0 Å². The molecule has 1 fully saturated rings. The highest BCUT2D eigenvalue weighted by Gasteiger charge is 2.45. The van der Waals surface area contributed by atoms with E-state index in [2.05, 4.69) is 47.7 Å². The molecule has 0 bridgehead atoms. The van der Waals surface area contributed by atoms with Crippen molar-refractivity contribution in [3.05, 3.63) is 10.5 Å². The summed E-state index contributed by atoms with van der Waals surface area (Å²) in [5.74, 6) is 4.62. The maximum atomic E-state index is 4.62. The second-order valence-electron chi connectivity index (χ2n) is 7.02. The van der Waals surface area contributed by atoms with Gasteiger partial charge in [0, 0.05) is 29.2 Å². The fourth-order valence-electron chi connectivity index (χ4n) is 3.34. The minimum Gasteiger partial charge on any atom is -0.257 e. The van der Waals surface area contributed by atoms with Gasteiger partial charge in [-0.3, -0.25) is 9.98 Å². The van der Waals surface area contributed by atoms with Gasteiger partial charge < -0.3 is 0 Å². The third-order valence-electron chi connectivity index (χ3n) is 5.43. The lowest BCUT2D eigenvalue weighted by molar-refractivity contribution is 0.456. The van der Waals surface area contributed by atoms with Crippen molar-refractivity contribution in [3.8, 4) is 0 Å². The molecule has 0 saturated carbocycles. The number of amidine groups is 2. The smallest absolute Gasteiger partial charge is 0.129 e.